The van der Waals surface area contributed by atoms with Crippen LogP contribution in [-0.2, 0) is 0 Å². The number of aldehydes is 1. The van der Waals surface area contributed by atoms with Gasteiger partial charge < -0.3 is 10.8 Å². The average molecular weight is 193 g/mol. The van der Waals surface area contributed by atoms with Crippen molar-refractivity contribution in [2.45, 2.75) is 0 Å². The minimum atomic E-state index is 0.129. The van der Waals surface area contributed by atoms with Gasteiger partial charge in [-0.2, -0.15) is 0 Å². The molecule has 0 aliphatic carbocycles. The Labute approximate surface area is 78.4 Å². The molecule has 0 fully saturated rings. The number of benzene rings is 1. The molecule has 3 N–H and O–H groups in total. The summed E-state index contributed by atoms with van der Waals surface area (Å²) in [6.07, 6.45) is 0.770. The van der Waals surface area contributed by atoms with Gasteiger partial charge in [0.05, 0.1) is 0 Å². The van der Waals surface area contributed by atoms with Crippen LogP contribution in [0.2, 0.25) is 0 Å². The van der Waals surface area contributed by atoms with Crippen molar-refractivity contribution in [3.63, 3.8) is 0 Å². The number of anilines is 1. The first kappa shape index (κ1) is 8.07. The Hall–Kier alpha value is -1.55. The molecule has 0 aliphatic rings. The molecule has 13 heavy (non-hydrogen) atoms. The van der Waals surface area contributed by atoms with Crippen LogP contribution in [0.25, 0.3) is 10.1 Å². The number of aromatic hydroxyl groups is 1. The summed E-state index contributed by atoms with van der Waals surface area (Å²) < 4.78 is 0.833. The molecular formula is C9H7NO2S. The van der Waals surface area contributed by atoms with Crippen LogP contribution in [0.15, 0.2) is 17.5 Å². The van der Waals surface area contributed by atoms with E-state index in [0.29, 0.717) is 11.3 Å². The third-order valence-corrected chi connectivity index (χ3v) is 2.79. The molecule has 0 aliphatic heterocycles. The zero-order valence-electron chi connectivity index (χ0n) is 6.65. The summed E-state index contributed by atoms with van der Waals surface area (Å²) in [5.41, 5.74) is 6.69. The van der Waals surface area contributed by atoms with Gasteiger partial charge in [-0.25, -0.2) is 0 Å². The molecule has 0 saturated heterocycles. The lowest BCUT2D eigenvalue weighted by molar-refractivity contribution is 0.112. The van der Waals surface area contributed by atoms with E-state index in [0.717, 1.165) is 16.4 Å². The third-order valence-electron chi connectivity index (χ3n) is 1.85. The summed E-state index contributed by atoms with van der Waals surface area (Å²) in [4.78, 5) is 10.6. The number of rotatable bonds is 1. The average Bonchev–Trinajstić information content (AvgIpc) is 2.47. The fourth-order valence-electron chi connectivity index (χ4n) is 1.30. The van der Waals surface area contributed by atoms with E-state index in [4.69, 9.17) is 5.73 Å². The first-order chi connectivity index (χ1) is 6.22. The van der Waals surface area contributed by atoms with E-state index in [1.165, 1.54) is 17.4 Å². The Balaban J connectivity index is 2.89. The number of fused-ring (bicyclic) bond motifs is 1. The summed E-state index contributed by atoms with van der Waals surface area (Å²) in [5.74, 6) is 0.129. The molecular weight excluding hydrogens is 186 g/mol. The highest BCUT2D eigenvalue weighted by Gasteiger charge is 2.07. The van der Waals surface area contributed by atoms with Crippen LogP contribution in [0.4, 0.5) is 5.69 Å². The van der Waals surface area contributed by atoms with Gasteiger partial charge in [0.25, 0.3) is 0 Å². The monoisotopic (exact) mass is 193 g/mol. The fourth-order valence-corrected chi connectivity index (χ4v) is 2.27. The van der Waals surface area contributed by atoms with Crippen LogP contribution in [0, 0.1) is 0 Å². The number of hydrogen-bond donors (Lipinski definition) is 2. The van der Waals surface area contributed by atoms with Gasteiger partial charge in [0.15, 0.2) is 6.29 Å². The van der Waals surface area contributed by atoms with Gasteiger partial charge in [0, 0.05) is 32.8 Å². The second kappa shape index (κ2) is 2.74. The van der Waals surface area contributed by atoms with Crippen LogP contribution in [0.5, 0.6) is 5.75 Å². The predicted molar refractivity (Wildman–Crippen MR) is 53.3 cm³/mol. The van der Waals surface area contributed by atoms with Gasteiger partial charge in [-0.3, -0.25) is 4.79 Å². The summed E-state index contributed by atoms with van der Waals surface area (Å²) in [6.45, 7) is 0. The van der Waals surface area contributed by atoms with Crippen molar-refractivity contribution in [1.29, 1.82) is 0 Å². The Morgan fingerprint density at radius 2 is 2.23 bits per heavy atom. The lowest BCUT2D eigenvalue weighted by Crippen LogP contribution is -1.87. The number of nitrogen functional groups attached to an aromatic ring is 1. The highest BCUT2D eigenvalue weighted by atomic mass is 32.1. The molecule has 0 spiro atoms. The van der Waals surface area contributed by atoms with Crippen LogP contribution in [-0.4, -0.2) is 11.4 Å². The second-order valence-electron chi connectivity index (χ2n) is 2.72. The maximum Gasteiger partial charge on any atom is 0.151 e. The zero-order chi connectivity index (χ0) is 9.42. The molecule has 66 valence electrons. The lowest BCUT2D eigenvalue weighted by Gasteiger charge is -1.98. The topological polar surface area (TPSA) is 63.3 Å². The van der Waals surface area contributed by atoms with E-state index in [2.05, 4.69) is 0 Å². The fraction of sp³-hybridized carbons (Fsp3) is 0. The zero-order valence-corrected chi connectivity index (χ0v) is 7.47. The molecule has 3 nitrogen and oxygen atoms in total. The van der Waals surface area contributed by atoms with Crippen LogP contribution in [0.1, 0.15) is 10.4 Å². The Morgan fingerprint density at radius 3 is 2.92 bits per heavy atom. The number of hydrogen-bond acceptors (Lipinski definition) is 4. The van der Waals surface area contributed by atoms with Crippen LogP contribution in [0.3, 0.4) is 0 Å². The van der Waals surface area contributed by atoms with Gasteiger partial charge >= 0.3 is 0 Å². The van der Waals surface area contributed by atoms with E-state index in [1.54, 1.807) is 11.4 Å². The maximum absolute atomic E-state index is 10.6. The van der Waals surface area contributed by atoms with E-state index in [9.17, 15) is 9.90 Å². The third kappa shape index (κ3) is 1.15. The molecule has 0 radical (unpaired) electrons. The normalized spacial score (nSPS) is 10.5. The number of carbonyl (C=O) groups is 1. The van der Waals surface area contributed by atoms with Crippen molar-refractivity contribution in [1.82, 2.24) is 0 Å². The second-order valence-corrected chi connectivity index (χ2v) is 3.63. The van der Waals surface area contributed by atoms with E-state index in [-0.39, 0.29) is 5.75 Å². The van der Waals surface area contributed by atoms with Crippen molar-refractivity contribution in [3.8, 4) is 5.75 Å². The molecule has 0 atom stereocenters. The Morgan fingerprint density at radius 1 is 1.46 bits per heavy atom. The molecule has 4 heteroatoms. The summed E-state index contributed by atoms with van der Waals surface area (Å²) in [6, 6.07) is 3.05. The van der Waals surface area contributed by atoms with Gasteiger partial charge in [0.2, 0.25) is 0 Å². The standard InChI is InChI=1S/C9H7NO2S/c10-7-1-6(12)2-8-9(7)5(3-11)4-13-8/h1-4,12H,10H2. The minimum absolute atomic E-state index is 0.129. The highest BCUT2D eigenvalue weighted by Crippen LogP contribution is 2.33. The molecule has 2 aromatic rings. The summed E-state index contributed by atoms with van der Waals surface area (Å²) >= 11 is 1.40. The number of carbonyl (C=O) groups excluding carboxylic acids is 1. The van der Waals surface area contributed by atoms with Gasteiger partial charge in [-0.15, -0.1) is 11.3 Å². The Kier molecular flexibility index (Phi) is 1.70. The Bertz CT molecular complexity index is 476. The highest BCUT2D eigenvalue weighted by molar-refractivity contribution is 7.17. The number of thiophene rings is 1. The van der Waals surface area contributed by atoms with Crippen molar-refractivity contribution in [3.05, 3.63) is 23.1 Å². The summed E-state index contributed by atoms with van der Waals surface area (Å²) in [7, 11) is 0. The minimum Gasteiger partial charge on any atom is -0.508 e. The molecule has 0 amide bonds. The van der Waals surface area contributed by atoms with Crippen molar-refractivity contribution in [2.75, 3.05) is 5.73 Å². The quantitative estimate of drug-likeness (QED) is 0.537. The van der Waals surface area contributed by atoms with Crippen LogP contribution >= 0.6 is 11.3 Å². The molecule has 1 aromatic carbocycles. The first-order valence-corrected chi connectivity index (χ1v) is 4.55. The maximum atomic E-state index is 10.6. The first-order valence-electron chi connectivity index (χ1n) is 3.67. The lowest BCUT2D eigenvalue weighted by atomic mass is 10.1. The SMILES string of the molecule is Nc1cc(O)cc2scc(C=O)c12. The smallest absolute Gasteiger partial charge is 0.151 e. The number of nitrogens with two attached hydrogens (primary N) is 1. The van der Waals surface area contributed by atoms with E-state index in [1.807, 2.05) is 0 Å². The molecule has 2 rings (SSSR count). The van der Waals surface area contributed by atoms with Crippen molar-refractivity contribution in [2.24, 2.45) is 0 Å². The van der Waals surface area contributed by atoms with Gasteiger partial charge in [-0.05, 0) is 6.07 Å². The van der Waals surface area contributed by atoms with E-state index < -0.39 is 0 Å². The molecule has 0 unspecified atom stereocenters. The molecule has 1 aromatic heterocycles. The van der Waals surface area contributed by atoms with Gasteiger partial charge in [0.1, 0.15) is 5.75 Å². The number of phenolic OH excluding ortho intramolecular Hbond substituents is 1. The summed E-state index contributed by atoms with van der Waals surface area (Å²) in [5, 5.41) is 11.7. The van der Waals surface area contributed by atoms with Crippen LogP contribution < -0.4 is 5.73 Å². The van der Waals surface area contributed by atoms with Gasteiger partial charge in [-0.1, -0.05) is 0 Å². The van der Waals surface area contributed by atoms with Crippen molar-refractivity contribution < 1.29 is 9.90 Å². The number of phenols is 1. The molecule has 0 saturated carbocycles. The molecule has 1 heterocycles. The van der Waals surface area contributed by atoms with E-state index >= 15 is 0 Å². The van der Waals surface area contributed by atoms with Crippen molar-refractivity contribution >= 4 is 33.4 Å². The largest absolute Gasteiger partial charge is 0.508 e. The predicted octanol–water partition coefficient (Wildman–Crippen LogP) is 2.00. The molecule has 0 bridgehead atoms.